The van der Waals surface area contributed by atoms with Crippen molar-refractivity contribution in [2.75, 3.05) is 19.6 Å². The Bertz CT molecular complexity index is 737. The van der Waals surface area contributed by atoms with Gasteiger partial charge in [-0.2, -0.15) is 4.31 Å². The smallest absolute Gasteiger partial charge is 0.264 e. The Labute approximate surface area is 160 Å². The molecule has 0 radical (unpaired) electrons. The molecule has 2 atom stereocenters. The van der Waals surface area contributed by atoms with Crippen LogP contribution in [0.25, 0.3) is 0 Å². The van der Waals surface area contributed by atoms with Crippen molar-refractivity contribution in [3.8, 4) is 0 Å². The first-order valence-electron chi connectivity index (χ1n) is 9.47. The van der Waals surface area contributed by atoms with Crippen LogP contribution in [-0.4, -0.2) is 55.2 Å². The summed E-state index contributed by atoms with van der Waals surface area (Å²) in [6.45, 7) is 5.89. The van der Waals surface area contributed by atoms with E-state index in [1.54, 1.807) is 16.4 Å². The van der Waals surface area contributed by atoms with Crippen molar-refractivity contribution in [3.05, 3.63) is 17.0 Å². The second-order valence-electron chi connectivity index (χ2n) is 7.63. The molecule has 0 aliphatic carbocycles. The number of carbonyl (C=O) groups is 1. The van der Waals surface area contributed by atoms with E-state index >= 15 is 0 Å². The van der Waals surface area contributed by atoms with Crippen molar-refractivity contribution in [2.24, 2.45) is 11.7 Å². The van der Waals surface area contributed by atoms with Crippen LogP contribution in [0.3, 0.4) is 0 Å². The van der Waals surface area contributed by atoms with Gasteiger partial charge in [0.05, 0.1) is 4.88 Å². The molecule has 3 heterocycles. The van der Waals surface area contributed by atoms with Crippen LogP contribution in [0.15, 0.2) is 16.3 Å². The average molecular weight is 400 g/mol. The van der Waals surface area contributed by atoms with Gasteiger partial charge in [-0.25, -0.2) is 8.42 Å². The lowest BCUT2D eigenvalue weighted by atomic mass is 9.97. The van der Waals surface area contributed by atoms with Crippen LogP contribution in [0, 0.1) is 5.92 Å². The standard InChI is InChI=1S/C18H29N3O3S2/c1-13-8-11-20(12-9-13)26(23,24)17-7-6-16(25-17)18(22)21-10-4-3-5-15(21)14(2)19/h6-7,13-15H,3-5,8-12,19H2,1-2H3. The molecule has 2 fully saturated rings. The number of nitrogens with zero attached hydrogens (tertiary/aromatic N) is 2. The second kappa shape index (κ2) is 7.96. The van der Waals surface area contributed by atoms with Crippen LogP contribution < -0.4 is 5.73 Å². The van der Waals surface area contributed by atoms with Crippen LogP contribution in [0.4, 0.5) is 0 Å². The van der Waals surface area contributed by atoms with E-state index in [4.69, 9.17) is 5.73 Å². The molecule has 8 heteroatoms. The lowest BCUT2D eigenvalue weighted by molar-refractivity contribution is 0.0589. The Hall–Kier alpha value is -0.960. The molecule has 0 bridgehead atoms. The first-order chi connectivity index (χ1) is 12.3. The van der Waals surface area contributed by atoms with E-state index in [0.717, 1.165) is 43.4 Å². The molecule has 0 spiro atoms. The molecular formula is C18H29N3O3S2. The number of sulfonamides is 1. The van der Waals surface area contributed by atoms with Crippen molar-refractivity contribution in [3.63, 3.8) is 0 Å². The summed E-state index contributed by atoms with van der Waals surface area (Å²) in [6, 6.07) is 3.18. The van der Waals surface area contributed by atoms with Gasteiger partial charge in [0.15, 0.2) is 0 Å². The van der Waals surface area contributed by atoms with Gasteiger partial charge in [-0.3, -0.25) is 4.79 Å². The van der Waals surface area contributed by atoms with E-state index in [2.05, 4.69) is 6.92 Å². The van der Waals surface area contributed by atoms with Crippen LogP contribution in [0.5, 0.6) is 0 Å². The lowest BCUT2D eigenvalue weighted by Crippen LogP contribution is -2.51. The number of piperidine rings is 2. The number of carbonyl (C=O) groups excluding carboxylic acids is 1. The summed E-state index contributed by atoms with van der Waals surface area (Å²) >= 11 is 1.09. The zero-order valence-corrected chi connectivity index (χ0v) is 17.2. The minimum Gasteiger partial charge on any atom is -0.333 e. The highest BCUT2D eigenvalue weighted by atomic mass is 32.2. The van der Waals surface area contributed by atoms with Crippen molar-refractivity contribution >= 4 is 27.3 Å². The summed E-state index contributed by atoms with van der Waals surface area (Å²) in [5.74, 6) is 0.474. The molecule has 0 aromatic carbocycles. The minimum absolute atomic E-state index is 0.0296. The largest absolute Gasteiger partial charge is 0.333 e. The minimum atomic E-state index is -3.50. The van der Waals surface area contributed by atoms with E-state index in [1.165, 1.54) is 0 Å². The number of rotatable bonds is 4. The molecule has 2 aliphatic rings. The van der Waals surface area contributed by atoms with Gasteiger partial charge >= 0.3 is 0 Å². The Kier molecular flexibility index (Phi) is 6.06. The Morgan fingerprint density at radius 3 is 2.54 bits per heavy atom. The molecule has 6 nitrogen and oxygen atoms in total. The molecule has 2 saturated heterocycles. The molecule has 1 aromatic rings. The van der Waals surface area contributed by atoms with Gasteiger partial charge in [0.1, 0.15) is 4.21 Å². The third-order valence-corrected chi connectivity index (χ3v) is 8.99. The summed E-state index contributed by atoms with van der Waals surface area (Å²) in [5.41, 5.74) is 6.06. The van der Waals surface area contributed by atoms with E-state index in [1.807, 2.05) is 11.8 Å². The molecule has 26 heavy (non-hydrogen) atoms. The van der Waals surface area contributed by atoms with Crippen LogP contribution in [-0.2, 0) is 10.0 Å². The highest BCUT2D eigenvalue weighted by Crippen LogP contribution is 2.30. The van der Waals surface area contributed by atoms with Gasteiger partial charge in [-0.1, -0.05) is 6.92 Å². The third-order valence-electron chi connectivity index (χ3n) is 5.55. The predicted molar refractivity (Wildman–Crippen MR) is 104 cm³/mol. The van der Waals surface area contributed by atoms with Crippen molar-refractivity contribution < 1.29 is 13.2 Å². The number of nitrogens with two attached hydrogens (primary N) is 1. The molecule has 2 aliphatic heterocycles. The predicted octanol–water partition coefficient (Wildman–Crippen LogP) is 2.51. The number of thiophene rings is 1. The van der Waals surface area contributed by atoms with Crippen LogP contribution in [0.1, 0.15) is 55.6 Å². The van der Waals surface area contributed by atoms with Crippen LogP contribution in [0.2, 0.25) is 0 Å². The van der Waals surface area contributed by atoms with Crippen molar-refractivity contribution in [1.82, 2.24) is 9.21 Å². The van der Waals surface area contributed by atoms with E-state index in [9.17, 15) is 13.2 Å². The van der Waals surface area contributed by atoms with E-state index in [-0.39, 0.29) is 22.2 Å². The zero-order valence-electron chi connectivity index (χ0n) is 15.6. The maximum Gasteiger partial charge on any atom is 0.264 e. The summed E-state index contributed by atoms with van der Waals surface area (Å²) in [5, 5.41) is 0. The first kappa shape index (κ1) is 19.8. The van der Waals surface area contributed by atoms with Crippen molar-refractivity contribution in [2.45, 2.75) is 62.2 Å². The monoisotopic (exact) mass is 399 g/mol. The fourth-order valence-electron chi connectivity index (χ4n) is 3.82. The van der Waals surface area contributed by atoms with Gasteiger partial charge in [0.25, 0.3) is 15.9 Å². The maximum atomic E-state index is 12.9. The molecular weight excluding hydrogens is 370 g/mol. The lowest BCUT2D eigenvalue weighted by Gasteiger charge is -2.37. The summed E-state index contributed by atoms with van der Waals surface area (Å²) in [7, 11) is -3.50. The van der Waals surface area contributed by atoms with E-state index in [0.29, 0.717) is 30.4 Å². The van der Waals surface area contributed by atoms with E-state index < -0.39 is 10.0 Å². The maximum absolute atomic E-state index is 12.9. The molecule has 1 aromatic heterocycles. The summed E-state index contributed by atoms with van der Waals surface area (Å²) in [6.07, 6.45) is 4.73. The fourth-order valence-corrected chi connectivity index (χ4v) is 6.71. The third kappa shape index (κ3) is 3.98. The number of hydrogen-bond donors (Lipinski definition) is 1. The molecule has 0 saturated carbocycles. The quantitative estimate of drug-likeness (QED) is 0.843. The average Bonchev–Trinajstić information content (AvgIpc) is 3.12. The van der Waals surface area contributed by atoms with Crippen molar-refractivity contribution in [1.29, 1.82) is 0 Å². The summed E-state index contributed by atoms with van der Waals surface area (Å²) in [4.78, 5) is 15.3. The van der Waals surface area contributed by atoms with Gasteiger partial charge in [0.2, 0.25) is 0 Å². The second-order valence-corrected chi connectivity index (χ2v) is 10.9. The number of hydrogen-bond acceptors (Lipinski definition) is 5. The molecule has 1 amide bonds. The summed E-state index contributed by atoms with van der Waals surface area (Å²) < 4.78 is 27.6. The topological polar surface area (TPSA) is 83.7 Å². The Morgan fingerprint density at radius 1 is 1.19 bits per heavy atom. The first-order valence-corrected chi connectivity index (χ1v) is 11.7. The highest BCUT2D eigenvalue weighted by Gasteiger charge is 2.33. The number of amides is 1. The fraction of sp³-hybridized carbons (Fsp3) is 0.722. The highest BCUT2D eigenvalue weighted by molar-refractivity contribution is 7.91. The SMILES string of the molecule is CC1CCN(S(=O)(=O)c2ccc(C(=O)N3CCCCC3C(C)N)s2)CC1. The van der Waals surface area contributed by atoms with Gasteiger partial charge < -0.3 is 10.6 Å². The van der Waals surface area contributed by atoms with Gasteiger partial charge in [0, 0.05) is 31.7 Å². The Morgan fingerprint density at radius 2 is 1.88 bits per heavy atom. The molecule has 146 valence electrons. The number of likely N-dealkylation sites (tertiary alicyclic amines) is 1. The Balaban J connectivity index is 1.77. The van der Waals surface area contributed by atoms with Gasteiger partial charge in [-0.05, 0) is 57.1 Å². The zero-order chi connectivity index (χ0) is 18.9. The van der Waals surface area contributed by atoms with Crippen LogP contribution >= 0.6 is 11.3 Å². The molecule has 2 unspecified atom stereocenters. The van der Waals surface area contributed by atoms with Gasteiger partial charge in [-0.15, -0.1) is 11.3 Å². The molecule has 2 N–H and O–H groups in total. The molecule has 3 rings (SSSR count). The normalized spacial score (nSPS) is 24.6.